The lowest BCUT2D eigenvalue weighted by molar-refractivity contribution is -0.383. The lowest BCUT2D eigenvalue weighted by Crippen LogP contribution is -2.47. The molecule has 0 atom stereocenters. The average Bonchev–Trinajstić information content (AvgIpc) is 2.77. The van der Waals surface area contributed by atoms with Gasteiger partial charge in [0.25, 0.3) is 0 Å². The van der Waals surface area contributed by atoms with E-state index >= 15 is 0 Å². The Labute approximate surface area is 179 Å². The van der Waals surface area contributed by atoms with Gasteiger partial charge in [0.05, 0.1) is 4.92 Å². The van der Waals surface area contributed by atoms with Crippen molar-refractivity contribution < 1.29 is 4.92 Å². The fourth-order valence-electron chi connectivity index (χ4n) is 3.48. The summed E-state index contributed by atoms with van der Waals surface area (Å²) >= 11 is 6.18. The number of halogens is 1. The van der Waals surface area contributed by atoms with Gasteiger partial charge in [-0.05, 0) is 36.8 Å². The number of para-hydroxylation sites is 1. The lowest BCUT2D eigenvalue weighted by Gasteiger charge is -2.36. The van der Waals surface area contributed by atoms with Crippen molar-refractivity contribution in [3.8, 4) is 0 Å². The number of aryl methyl sites for hydroxylation is 1. The molecule has 0 bridgehead atoms. The van der Waals surface area contributed by atoms with Crippen molar-refractivity contribution in [1.29, 1.82) is 0 Å². The Morgan fingerprint density at radius 2 is 1.73 bits per heavy atom. The van der Waals surface area contributed by atoms with E-state index in [1.807, 2.05) is 42.2 Å². The topological polar surface area (TPSA) is 87.4 Å². The van der Waals surface area contributed by atoms with Crippen LogP contribution < -0.4 is 15.1 Å². The summed E-state index contributed by atoms with van der Waals surface area (Å²) < 4.78 is 0. The Bertz CT molecular complexity index is 1050. The third kappa shape index (κ3) is 4.13. The van der Waals surface area contributed by atoms with Crippen molar-refractivity contribution >= 4 is 40.3 Å². The SMILES string of the molecule is Cc1ccc(Nc2ncnc(N3CCN(c4ccccc4)CC3)c2[N+](=O)[O-])cc1Cl. The smallest absolute Gasteiger partial charge is 0.353 e. The zero-order valence-corrected chi connectivity index (χ0v) is 17.2. The van der Waals surface area contributed by atoms with Gasteiger partial charge in [0.1, 0.15) is 6.33 Å². The minimum atomic E-state index is -0.433. The Kier molecular flexibility index (Phi) is 5.67. The van der Waals surface area contributed by atoms with Gasteiger partial charge in [-0.1, -0.05) is 35.9 Å². The highest BCUT2D eigenvalue weighted by molar-refractivity contribution is 6.31. The van der Waals surface area contributed by atoms with Gasteiger partial charge in [0.15, 0.2) is 0 Å². The number of piperazine rings is 1. The number of hydrogen-bond donors (Lipinski definition) is 1. The molecule has 2 aromatic carbocycles. The summed E-state index contributed by atoms with van der Waals surface area (Å²) in [5.41, 5.74) is 2.57. The van der Waals surface area contributed by atoms with Crippen LogP contribution in [-0.2, 0) is 0 Å². The van der Waals surface area contributed by atoms with Crippen molar-refractivity contribution in [2.24, 2.45) is 0 Å². The summed E-state index contributed by atoms with van der Waals surface area (Å²) in [6.45, 7) is 4.65. The van der Waals surface area contributed by atoms with Gasteiger partial charge in [0.2, 0.25) is 11.6 Å². The molecule has 1 N–H and O–H groups in total. The number of nitrogens with zero attached hydrogens (tertiary/aromatic N) is 5. The van der Waals surface area contributed by atoms with Gasteiger partial charge in [-0.25, -0.2) is 9.97 Å². The number of anilines is 4. The van der Waals surface area contributed by atoms with Crippen LogP contribution in [0.2, 0.25) is 5.02 Å². The first kappa shape index (κ1) is 19.9. The zero-order chi connectivity index (χ0) is 21.1. The number of aromatic nitrogens is 2. The quantitative estimate of drug-likeness (QED) is 0.479. The maximum absolute atomic E-state index is 11.9. The largest absolute Gasteiger partial charge is 0.368 e. The van der Waals surface area contributed by atoms with Crippen LogP contribution in [0.25, 0.3) is 0 Å². The summed E-state index contributed by atoms with van der Waals surface area (Å²) in [5.74, 6) is 0.471. The van der Waals surface area contributed by atoms with Gasteiger partial charge >= 0.3 is 5.69 Å². The maximum atomic E-state index is 11.9. The molecule has 9 heteroatoms. The van der Waals surface area contributed by atoms with E-state index in [0.29, 0.717) is 29.6 Å². The van der Waals surface area contributed by atoms with E-state index in [1.165, 1.54) is 6.33 Å². The number of nitrogens with one attached hydrogen (secondary N) is 1. The zero-order valence-electron chi connectivity index (χ0n) is 16.5. The van der Waals surface area contributed by atoms with Crippen LogP contribution in [0.3, 0.4) is 0 Å². The second-order valence-corrected chi connectivity index (χ2v) is 7.46. The Balaban J connectivity index is 1.57. The molecule has 1 saturated heterocycles. The molecule has 3 aromatic rings. The second kappa shape index (κ2) is 8.54. The van der Waals surface area contributed by atoms with Crippen molar-refractivity contribution in [3.05, 3.63) is 75.6 Å². The molecule has 1 fully saturated rings. The van der Waals surface area contributed by atoms with Crippen LogP contribution in [-0.4, -0.2) is 41.1 Å². The van der Waals surface area contributed by atoms with Crippen molar-refractivity contribution in [2.45, 2.75) is 6.92 Å². The minimum absolute atomic E-state index is 0.137. The molecule has 1 aliphatic heterocycles. The average molecular weight is 425 g/mol. The molecule has 1 aliphatic rings. The van der Waals surface area contributed by atoms with E-state index in [4.69, 9.17) is 11.6 Å². The van der Waals surface area contributed by atoms with Gasteiger partial charge in [-0.15, -0.1) is 0 Å². The Morgan fingerprint density at radius 3 is 2.40 bits per heavy atom. The molecule has 0 aliphatic carbocycles. The molecule has 0 saturated carbocycles. The molecule has 1 aromatic heterocycles. The summed E-state index contributed by atoms with van der Waals surface area (Å²) in [6.07, 6.45) is 1.35. The molecule has 30 heavy (non-hydrogen) atoms. The molecule has 4 rings (SSSR count). The number of nitro groups is 1. The fourth-order valence-corrected chi connectivity index (χ4v) is 3.66. The molecule has 0 amide bonds. The molecule has 0 radical (unpaired) electrons. The highest BCUT2D eigenvalue weighted by Crippen LogP contribution is 2.35. The number of hydrogen-bond acceptors (Lipinski definition) is 7. The van der Waals surface area contributed by atoms with E-state index in [0.717, 1.165) is 24.3 Å². The first-order valence-electron chi connectivity index (χ1n) is 9.60. The second-order valence-electron chi connectivity index (χ2n) is 7.05. The Hall–Kier alpha value is -3.39. The van der Waals surface area contributed by atoms with Gasteiger partial charge < -0.3 is 15.1 Å². The monoisotopic (exact) mass is 424 g/mol. The van der Waals surface area contributed by atoms with Crippen molar-refractivity contribution in [1.82, 2.24) is 9.97 Å². The van der Waals surface area contributed by atoms with Gasteiger partial charge in [-0.2, -0.15) is 0 Å². The van der Waals surface area contributed by atoms with Crippen LogP contribution >= 0.6 is 11.6 Å². The van der Waals surface area contributed by atoms with E-state index in [9.17, 15) is 10.1 Å². The van der Waals surface area contributed by atoms with E-state index in [1.54, 1.807) is 6.07 Å². The number of benzene rings is 2. The summed E-state index contributed by atoms with van der Waals surface area (Å²) in [6, 6.07) is 15.5. The highest BCUT2D eigenvalue weighted by Gasteiger charge is 2.29. The van der Waals surface area contributed by atoms with E-state index < -0.39 is 4.92 Å². The predicted octanol–water partition coefficient (Wildman–Crippen LogP) is 4.42. The van der Waals surface area contributed by atoms with Crippen LogP contribution in [0.5, 0.6) is 0 Å². The summed E-state index contributed by atoms with van der Waals surface area (Å²) in [7, 11) is 0. The predicted molar refractivity (Wildman–Crippen MR) is 119 cm³/mol. The van der Waals surface area contributed by atoms with Crippen molar-refractivity contribution in [2.75, 3.05) is 41.3 Å². The van der Waals surface area contributed by atoms with E-state index in [-0.39, 0.29) is 11.5 Å². The molecular weight excluding hydrogens is 404 g/mol. The summed E-state index contributed by atoms with van der Waals surface area (Å²) in [4.78, 5) is 24.0. The van der Waals surface area contributed by atoms with E-state index in [2.05, 4.69) is 32.3 Å². The lowest BCUT2D eigenvalue weighted by atomic mass is 10.2. The third-order valence-electron chi connectivity index (χ3n) is 5.12. The minimum Gasteiger partial charge on any atom is -0.368 e. The Morgan fingerprint density at radius 1 is 1.03 bits per heavy atom. The fraction of sp³-hybridized carbons (Fsp3) is 0.238. The van der Waals surface area contributed by atoms with Gasteiger partial charge in [-0.3, -0.25) is 10.1 Å². The standard InChI is InChI=1S/C21H21ClN6O2/c1-15-7-8-16(13-18(15)22)25-20-19(28(29)30)21(24-14-23-20)27-11-9-26(10-12-27)17-5-3-2-4-6-17/h2-8,13-14H,9-12H2,1H3,(H,23,24,25). The van der Waals surface area contributed by atoms with Crippen LogP contribution in [0.15, 0.2) is 54.9 Å². The first-order valence-corrected chi connectivity index (χ1v) is 9.98. The molecule has 154 valence electrons. The van der Waals surface area contributed by atoms with Crippen LogP contribution in [0.1, 0.15) is 5.56 Å². The maximum Gasteiger partial charge on any atom is 0.353 e. The first-order chi connectivity index (χ1) is 14.5. The van der Waals surface area contributed by atoms with Crippen molar-refractivity contribution in [3.63, 3.8) is 0 Å². The van der Waals surface area contributed by atoms with Crippen LogP contribution in [0, 0.1) is 17.0 Å². The molecule has 0 spiro atoms. The van der Waals surface area contributed by atoms with Gasteiger partial charge in [0, 0.05) is 42.6 Å². The normalized spacial score (nSPS) is 13.9. The molecule has 0 unspecified atom stereocenters. The highest BCUT2D eigenvalue weighted by atomic mass is 35.5. The molecule has 2 heterocycles. The van der Waals surface area contributed by atoms with Crippen LogP contribution in [0.4, 0.5) is 28.7 Å². The summed E-state index contributed by atoms with van der Waals surface area (Å²) in [5, 5.41) is 15.5. The molecule has 8 nitrogen and oxygen atoms in total. The molecular formula is C21H21ClN6O2. The third-order valence-corrected chi connectivity index (χ3v) is 5.53. The number of rotatable bonds is 5.